The van der Waals surface area contributed by atoms with Gasteiger partial charge < -0.3 is 13.3 Å². The molecule has 0 bridgehead atoms. The van der Waals surface area contributed by atoms with Gasteiger partial charge in [0.1, 0.15) is 5.76 Å². The summed E-state index contributed by atoms with van der Waals surface area (Å²) in [5, 5.41) is 0. The Kier molecular flexibility index (Phi) is 1.36. The first-order chi connectivity index (χ1) is 6.83. The highest BCUT2D eigenvalue weighted by molar-refractivity contribution is 5.76. The summed E-state index contributed by atoms with van der Waals surface area (Å²) in [6.45, 7) is 1.90. The molecule has 0 spiro atoms. The monoisotopic (exact) mass is 188 g/mol. The van der Waals surface area contributed by atoms with Crippen LogP contribution in [0, 0.1) is 6.92 Å². The second kappa shape index (κ2) is 2.54. The maximum atomic E-state index is 5.52. The molecule has 0 saturated carbocycles. The van der Waals surface area contributed by atoms with Crippen molar-refractivity contribution in [2.45, 2.75) is 6.92 Å². The van der Waals surface area contributed by atoms with Crippen LogP contribution >= 0.6 is 0 Å². The van der Waals surface area contributed by atoms with Gasteiger partial charge in [0.05, 0.1) is 6.26 Å². The molecule has 0 atom stereocenters. The van der Waals surface area contributed by atoms with Crippen LogP contribution in [0.15, 0.2) is 43.8 Å². The summed E-state index contributed by atoms with van der Waals surface area (Å²) in [6.07, 6.45) is 1.60. The molecule has 14 heavy (non-hydrogen) atoms. The summed E-state index contributed by atoms with van der Waals surface area (Å²) in [5.74, 6) is 2.30. The van der Waals surface area contributed by atoms with E-state index in [2.05, 4.69) is 0 Å². The standard InChI is InChI=1S/C11H8O3/c1-7-2-3-8(13-7)11-6-10-9(14-11)4-5-12-10/h2-6H,1H3. The van der Waals surface area contributed by atoms with Gasteiger partial charge in [0.2, 0.25) is 0 Å². The lowest BCUT2D eigenvalue weighted by Gasteiger charge is -1.87. The minimum absolute atomic E-state index is 0.701. The summed E-state index contributed by atoms with van der Waals surface area (Å²) in [5.41, 5.74) is 1.49. The molecule has 0 aliphatic rings. The zero-order chi connectivity index (χ0) is 9.54. The van der Waals surface area contributed by atoms with E-state index < -0.39 is 0 Å². The zero-order valence-corrected chi connectivity index (χ0v) is 7.61. The highest BCUT2D eigenvalue weighted by Crippen LogP contribution is 2.29. The fraction of sp³-hybridized carbons (Fsp3) is 0.0909. The van der Waals surface area contributed by atoms with Crippen molar-refractivity contribution in [1.82, 2.24) is 0 Å². The van der Waals surface area contributed by atoms with Crippen molar-refractivity contribution in [3.63, 3.8) is 0 Å². The topological polar surface area (TPSA) is 39.4 Å². The highest BCUT2D eigenvalue weighted by atomic mass is 16.4. The van der Waals surface area contributed by atoms with Crippen molar-refractivity contribution < 1.29 is 13.3 Å². The molecular weight excluding hydrogens is 180 g/mol. The van der Waals surface area contributed by atoms with E-state index in [0.717, 1.165) is 22.7 Å². The van der Waals surface area contributed by atoms with Crippen LogP contribution < -0.4 is 0 Å². The van der Waals surface area contributed by atoms with Gasteiger partial charge in [0.25, 0.3) is 0 Å². The van der Waals surface area contributed by atoms with Crippen LogP contribution in [-0.4, -0.2) is 0 Å². The third-order valence-corrected chi connectivity index (χ3v) is 2.12. The van der Waals surface area contributed by atoms with Crippen LogP contribution in [0.25, 0.3) is 22.7 Å². The van der Waals surface area contributed by atoms with Gasteiger partial charge >= 0.3 is 0 Å². The minimum atomic E-state index is 0.701. The van der Waals surface area contributed by atoms with E-state index in [1.165, 1.54) is 0 Å². The molecule has 0 aromatic carbocycles. The minimum Gasteiger partial charge on any atom is -0.461 e. The van der Waals surface area contributed by atoms with E-state index in [-0.39, 0.29) is 0 Å². The van der Waals surface area contributed by atoms with Gasteiger partial charge in [0.15, 0.2) is 22.7 Å². The fourth-order valence-corrected chi connectivity index (χ4v) is 1.45. The van der Waals surface area contributed by atoms with Crippen molar-refractivity contribution >= 4 is 11.2 Å². The molecule has 0 amide bonds. The van der Waals surface area contributed by atoms with Crippen LogP contribution in [-0.2, 0) is 0 Å². The molecular formula is C11H8O3. The molecule has 3 aromatic rings. The Balaban J connectivity index is 2.18. The Hall–Kier alpha value is -1.90. The summed E-state index contributed by atoms with van der Waals surface area (Å²) in [4.78, 5) is 0. The average molecular weight is 188 g/mol. The number of aryl methyl sites for hydroxylation is 1. The fourth-order valence-electron chi connectivity index (χ4n) is 1.45. The van der Waals surface area contributed by atoms with E-state index in [1.54, 1.807) is 12.3 Å². The Bertz CT molecular complexity index is 539. The molecule has 70 valence electrons. The van der Waals surface area contributed by atoms with Crippen LogP contribution in [0.4, 0.5) is 0 Å². The van der Waals surface area contributed by atoms with Gasteiger partial charge in [-0.05, 0) is 19.1 Å². The summed E-state index contributed by atoms with van der Waals surface area (Å²) < 4.78 is 16.1. The number of fused-ring (bicyclic) bond motifs is 1. The maximum Gasteiger partial charge on any atom is 0.173 e. The van der Waals surface area contributed by atoms with Crippen LogP contribution in [0.1, 0.15) is 5.76 Å². The van der Waals surface area contributed by atoms with Gasteiger partial charge in [-0.2, -0.15) is 0 Å². The van der Waals surface area contributed by atoms with Gasteiger partial charge in [-0.3, -0.25) is 0 Å². The van der Waals surface area contributed by atoms with E-state index in [9.17, 15) is 0 Å². The highest BCUT2D eigenvalue weighted by Gasteiger charge is 2.10. The molecule has 0 aliphatic heterocycles. The lowest BCUT2D eigenvalue weighted by molar-refractivity contribution is 0.519. The van der Waals surface area contributed by atoms with Gasteiger partial charge in [-0.25, -0.2) is 0 Å². The molecule has 0 unspecified atom stereocenters. The van der Waals surface area contributed by atoms with Gasteiger partial charge in [-0.15, -0.1) is 0 Å². The molecule has 0 radical (unpaired) electrons. The van der Waals surface area contributed by atoms with E-state index in [4.69, 9.17) is 13.3 Å². The predicted molar refractivity (Wildman–Crippen MR) is 50.9 cm³/mol. The zero-order valence-electron chi connectivity index (χ0n) is 7.61. The first-order valence-electron chi connectivity index (χ1n) is 4.37. The second-order valence-electron chi connectivity index (χ2n) is 3.17. The van der Waals surface area contributed by atoms with Gasteiger partial charge in [-0.1, -0.05) is 0 Å². The number of rotatable bonds is 1. The molecule has 3 heterocycles. The average Bonchev–Trinajstić information content (AvgIpc) is 2.75. The van der Waals surface area contributed by atoms with Gasteiger partial charge in [0, 0.05) is 12.1 Å². The summed E-state index contributed by atoms with van der Waals surface area (Å²) in [6, 6.07) is 7.40. The normalized spacial score (nSPS) is 11.2. The first-order valence-corrected chi connectivity index (χ1v) is 4.37. The Labute approximate surface area is 79.9 Å². The lowest BCUT2D eigenvalue weighted by Crippen LogP contribution is -1.64. The van der Waals surface area contributed by atoms with E-state index in [1.807, 2.05) is 25.1 Å². The maximum absolute atomic E-state index is 5.52. The molecule has 3 nitrogen and oxygen atoms in total. The Morgan fingerprint density at radius 2 is 1.86 bits per heavy atom. The lowest BCUT2D eigenvalue weighted by atomic mass is 10.3. The molecule has 0 aliphatic carbocycles. The van der Waals surface area contributed by atoms with Crippen LogP contribution in [0.3, 0.4) is 0 Å². The molecule has 0 N–H and O–H groups in total. The smallest absolute Gasteiger partial charge is 0.173 e. The first kappa shape index (κ1) is 7.50. The molecule has 3 rings (SSSR count). The van der Waals surface area contributed by atoms with Crippen molar-refractivity contribution in [2.24, 2.45) is 0 Å². The van der Waals surface area contributed by atoms with E-state index in [0.29, 0.717) is 5.76 Å². The molecule has 0 fully saturated rings. The van der Waals surface area contributed by atoms with Crippen LogP contribution in [0.5, 0.6) is 0 Å². The molecule has 3 aromatic heterocycles. The Morgan fingerprint density at radius 1 is 0.929 bits per heavy atom. The number of hydrogen-bond donors (Lipinski definition) is 0. The second-order valence-corrected chi connectivity index (χ2v) is 3.17. The number of hydrogen-bond acceptors (Lipinski definition) is 3. The third kappa shape index (κ3) is 0.988. The molecule has 0 saturated heterocycles. The summed E-state index contributed by atoms with van der Waals surface area (Å²) >= 11 is 0. The molecule has 3 heteroatoms. The number of furan rings is 3. The Morgan fingerprint density at radius 3 is 2.57 bits per heavy atom. The quantitative estimate of drug-likeness (QED) is 0.585. The third-order valence-electron chi connectivity index (χ3n) is 2.12. The van der Waals surface area contributed by atoms with Crippen LogP contribution in [0.2, 0.25) is 0 Å². The SMILES string of the molecule is Cc1ccc(-c2cc3occc3o2)o1. The van der Waals surface area contributed by atoms with Crippen molar-refractivity contribution in [3.8, 4) is 11.5 Å². The van der Waals surface area contributed by atoms with Crippen molar-refractivity contribution in [2.75, 3.05) is 0 Å². The predicted octanol–water partition coefficient (Wildman–Crippen LogP) is 3.59. The van der Waals surface area contributed by atoms with E-state index >= 15 is 0 Å². The van der Waals surface area contributed by atoms with Crippen molar-refractivity contribution in [3.05, 3.63) is 36.3 Å². The largest absolute Gasteiger partial charge is 0.461 e. The summed E-state index contributed by atoms with van der Waals surface area (Å²) in [7, 11) is 0. The van der Waals surface area contributed by atoms with Crippen molar-refractivity contribution in [1.29, 1.82) is 0 Å².